The maximum atomic E-state index is 14.0. The van der Waals surface area contributed by atoms with E-state index in [2.05, 4.69) is 24.1 Å². The Bertz CT molecular complexity index is 592. The maximum Gasteiger partial charge on any atom is 0.133 e. The molecule has 2 rings (SSSR count). The lowest BCUT2D eigenvalue weighted by Gasteiger charge is -2.11. The molecule has 0 aliphatic rings. The fraction of sp³-hybridized carbons (Fsp3) is 0.438. The molecule has 2 aromatic rings. The van der Waals surface area contributed by atoms with Crippen LogP contribution in [0.25, 0.3) is 10.6 Å². The minimum Gasteiger partial charge on any atom is -0.309 e. The van der Waals surface area contributed by atoms with E-state index in [1.807, 2.05) is 19.9 Å². The molecule has 1 heterocycles. The van der Waals surface area contributed by atoms with Crippen LogP contribution in [0, 0.1) is 19.7 Å². The van der Waals surface area contributed by atoms with Crippen LogP contribution in [0.5, 0.6) is 0 Å². The van der Waals surface area contributed by atoms with E-state index in [-0.39, 0.29) is 11.9 Å². The Morgan fingerprint density at radius 3 is 2.80 bits per heavy atom. The molecule has 0 aliphatic carbocycles. The van der Waals surface area contributed by atoms with Gasteiger partial charge in [0.15, 0.2) is 0 Å². The molecule has 0 spiro atoms. The summed E-state index contributed by atoms with van der Waals surface area (Å²) in [6.07, 6.45) is 1.10. The second kappa shape index (κ2) is 6.46. The van der Waals surface area contributed by atoms with Gasteiger partial charge in [0, 0.05) is 16.5 Å². The maximum absolute atomic E-state index is 14.0. The van der Waals surface area contributed by atoms with Crippen LogP contribution in [-0.2, 0) is 0 Å². The van der Waals surface area contributed by atoms with E-state index >= 15 is 0 Å². The van der Waals surface area contributed by atoms with Gasteiger partial charge in [-0.05, 0) is 45.9 Å². The zero-order valence-electron chi connectivity index (χ0n) is 12.5. The molecule has 1 atom stereocenters. The zero-order chi connectivity index (χ0) is 14.7. The number of thiazole rings is 1. The third kappa shape index (κ3) is 3.25. The summed E-state index contributed by atoms with van der Waals surface area (Å²) in [6.45, 7) is 9.22. The quantitative estimate of drug-likeness (QED) is 0.869. The molecule has 0 fully saturated rings. The van der Waals surface area contributed by atoms with Gasteiger partial charge in [0.25, 0.3) is 0 Å². The highest BCUT2D eigenvalue weighted by molar-refractivity contribution is 7.15. The molecule has 0 bridgehead atoms. The summed E-state index contributed by atoms with van der Waals surface area (Å²) in [5.41, 5.74) is 2.64. The minimum atomic E-state index is -0.204. The van der Waals surface area contributed by atoms with Crippen LogP contribution in [0.2, 0.25) is 0 Å². The number of hydrogen-bond acceptors (Lipinski definition) is 3. The Labute approximate surface area is 124 Å². The first-order valence-electron chi connectivity index (χ1n) is 7.00. The van der Waals surface area contributed by atoms with Crippen LogP contribution in [-0.4, -0.2) is 11.5 Å². The van der Waals surface area contributed by atoms with Gasteiger partial charge in [0.2, 0.25) is 0 Å². The molecule has 20 heavy (non-hydrogen) atoms. The van der Waals surface area contributed by atoms with Crippen molar-refractivity contribution in [2.75, 3.05) is 6.54 Å². The smallest absolute Gasteiger partial charge is 0.133 e. The van der Waals surface area contributed by atoms with Gasteiger partial charge in [-0.2, -0.15) is 0 Å². The molecule has 2 nitrogen and oxygen atoms in total. The average molecular weight is 292 g/mol. The number of aromatic nitrogens is 1. The van der Waals surface area contributed by atoms with Crippen molar-refractivity contribution in [1.29, 1.82) is 0 Å². The number of benzene rings is 1. The molecule has 0 aliphatic heterocycles. The fourth-order valence-corrected chi connectivity index (χ4v) is 3.29. The predicted molar refractivity (Wildman–Crippen MR) is 83.7 cm³/mol. The molecular weight excluding hydrogens is 271 g/mol. The number of nitrogens with one attached hydrogen (secondary N) is 1. The summed E-state index contributed by atoms with van der Waals surface area (Å²) < 4.78 is 14.0. The molecule has 4 heteroatoms. The Hall–Kier alpha value is -1.26. The van der Waals surface area contributed by atoms with E-state index in [0.717, 1.165) is 29.2 Å². The lowest BCUT2D eigenvalue weighted by Crippen LogP contribution is -2.18. The van der Waals surface area contributed by atoms with Crippen LogP contribution in [0.15, 0.2) is 18.2 Å². The second-order valence-corrected chi connectivity index (χ2v) is 6.16. The topological polar surface area (TPSA) is 24.9 Å². The van der Waals surface area contributed by atoms with Gasteiger partial charge in [-0.3, -0.25) is 0 Å². The molecule has 1 aromatic carbocycles. The Kier molecular flexibility index (Phi) is 4.89. The number of nitrogens with zero attached hydrogens (tertiary/aromatic N) is 1. The van der Waals surface area contributed by atoms with Crippen molar-refractivity contribution < 1.29 is 4.39 Å². The lowest BCUT2D eigenvalue weighted by atomic mass is 10.1. The average Bonchev–Trinajstić information content (AvgIpc) is 2.80. The first-order chi connectivity index (χ1) is 9.52. The normalized spacial score (nSPS) is 12.7. The van der Waals surface area contributed by atoms with E-state index in [0.29, 0.717) is 5.56 Å². The third-order valence-corrected chi connectivity index (χ3v) is 4.65. The van der Waals surface area contributed by atoms with Crippen molar-refractivity contribution in [3.63, 3.8) is 0 Å². The van der Waals surface area contributed by atoms with Crippen LogP contribution < -0.4 is 5.32 Å². The number of halogens is 1. The van der Waals surface area contributed by atoms with E-state index in [1.165, 1.54) is 10.9 Å². The van der Waals surface area contributed by atoms with Crippen LogP contribution in [0.1, 0.15) is 42.4 Å². The largest absolute Gasteiger partial charge is 0.309 e. The van der Waals surface area contributed by atoms with Crippen LogP contribution >= 0.6 is 11.3 Å². The van der Waals surface area contributed by atoms with Gasteiger partial charge < -0.3 is 5.32 Å². The first-order valence-corrected chi connectivity index (χ1v) is 7.81. The summed E-state index contributed by atoms with van der Waals surface area (Å²) in [4.78, 5) is 5.74. The molecular formula is C16H21FN2S. The molecule has 1 N–H and O–H groups in total. The summed E-state index contributed by atoms with van der Waals surface area (Å²) in [5.74, 6) is -0.204. The zero-order valence-corrected chi connectivity index (χ0v) is 13.3. The number of hydrogen-bond donors (Lipinski definition) is 1. The Morgan fingerprint density at radius 1 is 1.35 bits per heavy atom. The second-order valence-electron chi connectivity index (χ2n) is 5.13. The molecule has 0 radical (unpaired) electrons. The van der Waals surface area contributed by atoms with Crippen molar-refractivity contribution >= 4 is 11.3 Å². The molecule has 1 unspecified atom stereocenters. The highest BCUT2D eigenvalue weighted by Gasteiger charge is 2.16. The van der Waals surface area contributed by atoms with Crippen molar-refractivity contribution in [3.05, 3.63) is 40.2 Å². The summed E-state index contributed by atoms with van der Waals surface area (Å²) in [6, 6.07) is 5.42. The van der Waals surface area contributed by atoms with Gasteiger partial charge in [-0.15, -0.1) is 11.3 Å². The van der Waals surface area contributed by atoms with Gasteiger partial charge in [-0.25, -0.2) is 9.37 Å². The van der Waals surface area contributed by atoms with Crippen LogP contribution in [0.3, 0.4) is 0 Å². The Balaban J connectivity index is 2.33. The van der Waals surface area contributed by atoms with Crippen molar-refractivity contribution in [2.45, 2.75) is 40.2 Å². The van der Waals surface area contributed by atoms with Gasteiger partial charge in [0.1, 0.15) is 10.8 Å². The number of rotatable bonds is 5. The van der Waals surface area contributed by atoms with Crippen molar-refractivity contribution in [3.8, 4) is 10.6 Å². The predicted octanol–water partition coefficient (Wildman–Crippen LogP) is 4.63. The van der Waals surface area contributed by atoms with Crippen molar-refractivity contribution in [2.24, 2.45) is 0 Å². The molecule has 1 aromatic heterocycles. The molecule has 0 saturated heterocycles. The highest BCUT2D eigenvalue weighted by atomic mass is 32.1. The standard InChI is InChI=1S/C16H21FN2S/c1-5-8-18-11(3)15-12(4)19-16(20-15)13-9-10(2)6-7-14(13)17/h6-7,9,11,18H,5,8H2,1-4H3. The summed E-state index contributed by atoms with van der Waals surface area (Å²) >= 11 is 1.58. The van der Waals surface area contributed by atoms with Gasteiger partial charge >= 0.3 is 0 Å². The molecule has 108 valence electrons. The fourth-order valence-electron chi connectivity index (χ4n) is 2.18. The molecule has 0 saturated carbocycles. The SMILES string of the molecule is CCCNC(C)c1sc(-c2cc(C)ccc2F)nc1C. The van der Waals surface area contributed by atoms with Crippen LogP contribution in [0.4, 0.5) is 4.39 Å². The van der Waals surface area contributed by atoms with E-state index < -0.39 is 0 Å². The van der Waals surface area contributed by atoms with Gasteiger partial charge in [0.05, 0.1) is 5.69 Å². The Morgan fingerprint density at radius 2 is 2.10 bits per heavy atom. The highest BCUT2D eigenvalue weighted by Crippen LogP contribution is 2.33. The minimum absolute atomic E-state index is 0.204. The molecule has 0 amide bonds. The summed E-state index contributed by atoms with van der Waals surface area (Å²) in [5, 5.41) is 4.22. The van der Waals surface area contributed by atoms with E-state index in [4.69, 9.17) is 0 Å². The van der Waals surface area contributed by atoms with Crippen molar-refractivity contribution in [1.82, 2.24) is 10.3 Å². The number of aryl methyl sites for hydroxylation is 2. The van der Waals surface area contributed by atoms with E-state index in [1.54, 1.807) is 17.4 Å². The van der Waals surface area contributed by atoms with Gasteiger partial charge in [-0.1, -0.05) is 18.6 Å². The summed E-state index contributed by atoms with van der Waals surface area (Å²) in [7, 11) is 0. The lowest BCUT2D eigenvalue weighted by molar-refractivity contribution is 0.575. The third-order valence-electron chi connectivity index (χ3n) is 3.28. The van der Waals surface area contributed by atoms with E-state index in [9.17, 15) is 4.39 Å². The first kappa shape index (κ1) is 15.1. The monoisotopic (exact) mass is 292 g/mol.